The molecule has 3 N–H and O–H groups in total. The lowest BCUT2D eigenvalue weighted by atomic mass is 10.3. The van der Waals surface area contributed by atoms with Crippen molar-refractivity contribution in [3.05, 3.63) is 36.5 Å². The minimum Gasteiger partial charge on any atom is -0.491 e. The quantitative estimate of drug-likeness (QED) is 0.796. The van der Waals surface area contributed by atoms with E-state index in [4.69, 9.17) is 10.5 Å². The van der Waals surface area contributed by atoms with E-state index in [1.165, 1.54) is 0 Å². The van der Waals surface area contributed by atoms with Crippen LogP contribution in [0.2, 0.25) is 0 Å². The van der Waals surface area contributed by atoms with Crippen LogP contribution in [0.25, 0.3) is 0 Å². The topological polar surface area (TPSA) is 82.2 Å². The summed E-state index contributed by atoms with van der Waals surface area (Å²) in [5.74, 6) is 1.12. The second kappa shape index (κ2) is 5.90. The normalized spacial score (nSPS) is 10.2. The van der Waals surface area contributed by atoms with Crippen molar-refractivity contribution in [2.75, 3.05) is 17.7 Å². The molecule has 0 aliphatic rings. The number of nitrogens with one attached hydrogen (secondary N) is 1. The van der Waals surface area contributed by atoms with Gasteiger partial charge < -0.3 is 15.8 Å². The van der Waals surface area contributed by atoms with E-state index in [0.29, 0.717) is 17.3 Å². The number of hydrogen-bond acceptors (Lipinski definition) is 4. The van der Waals surface area contributed by atoms with Gasteiger partial charge in [0, 0.05) is 13.1 Å². The molecule has 0 fully saturated rings. The minimum absolute atomic E-state index is 0.127. The number of aryl methyl sites for hydroxylation is 1. The maximum atomic E-state index is 11.7. The number of para-hydroxylation sites is 2. The Kier molecular flexibility index (Phi) is 4.02. The van der Waals surface area contributed by atoms with Crippen molar-refractivity contribution in [2.24, 2.45) is 7.05 Å². The van der Waals surface area contributed by atoms with Gasteiger partial charge in [-0.2, -0.15) is 5.10 Å². The monoisotopic (exact) mass is 260 g/mol. The first-order valence-electron chi connectivity index (χ1n) is 5.92. The van der Waals surface area contributed by atoms with E-state index >= 15 is 0 Å². The van der Waals surface area contributed by atoms with Gasteiger partial charge in [0.05, 0.1) is 24.9 Å². The van der Waals surface area contributed by atoms with Crippen molar-refractivity contribution in [3.8, 4) is 5.75 Å². The molecule has 0 unspecified atom stereocenters. The summed E-state index contributed by atoms with van der Waals surface area (Å²) >= 11 is 0. The summed E-state index contributed by atoms with van der Waals surface area (Å²) in [6.07, 6.45) is 1.87. The van der Waals surface area contributed by atoms with Crippen LogP contribution in [0.15, 0.2) is 36.5 Å². The number of rotatable bonds is 5. The number of benzene rings is 1. The zero-order valence-electron chi connectivity index (χ0n) is 10.7. The lowest BCUT2D eigenvalue weighted by molar-refractivity contribution is -0.116. The molecule has 19 heavy (non-hydrogen) atoms. The first kappa shape index (κ1) is 12.9. The molecule has 100 valence electrons. The van der Waals surface area contributed by atoms with E-state index in [1.807, 2.05) is 12.1 Å². The average molecular weight is 260 g/mol. The van der Waals surface area contributed by atoms with Crippen LogP contribution in [0.5, 0.6) is 5.75 Å². The molecule has 0 atom stereocenters. The summed E-state index contributed by atoms with van der Waals surface area (Å²) in [5, 5.41) is 6.70. The minimum atomic E-state index is -0.127. The molecule has 1 heterocycles. The van der Waals surface area contributed by atoms with Gasteiger partial charge in [-0.3, -0.25) is 9.48 Å². The lowest BCUT2D eigenvalue weighted by Gasteiger charge is -2.08. The van der Waals surface area contributed by atoms with Crippen molar-refractivity contribution in [3.63, 3.8) is 0 Å². The standard InChI is InChI=1S/C13H16N4O2/c1-17-12(6-8-15-17)16-13(18)7-9-19-11-5-3-2-4-10(11)14/h2-6,8H,7,9,14H2,1H3,(H,16,18). The molecule has 0 aliphatic heterocycles. The molecule has 0 spiro atoms. The van der Waals surface area contributed by atoms with Gasteiger partial charge in [0.2, 0.25) is 5.91 Å². The van der Waals surface area contributed by atoms with Crippen LogP contribution in [0.3, 0.4) is 0 Å². The van der Waals surface area contributed by atoms with Gasteiger partial charge >= 0.3 is 0 Å². The maximum absolute atomic E-state index is 11.7. The Bertz CT molecular complexity index is 565. The smallest absolute Gasteiger partial charge is 0.228 e. The second-order valence-corrected chi connectivity index (χ2v) is 4.02. The summed E-state index contributed by atoms with van der Waals surface area (Å²) in [7, 11) is 1.76. The van der Waals surface area contributed by atoms with Gasteiger partial charge in [-0.25, -0.2) is 0 Å². The molecule has 1 aromatic carbocycles. The van der Waals surface area contributed by atoms with Crippen molar-refractivity contribution in [1.29, 1.82) is 0 Å². The molecule has 0 bridgehead atoms. The fourth-order valence-electron chi connectivity index (χ4n) is 1.57. The Morgan fingerprint density at radius 3 is 2.89 bits per heavy atom. The lowest BCUT2D eigenvalue weighted by Crippen LogP contribution is -2.17. The van der Waals surface area contributed by atoms with Crippen molar-refractivity contribution < 1.29 is 9.53 Å². The van der Waals surface area contributed by atoms with Crippen molar-refractivity contribution in [2.45, 2.75) is 6.42 Å². The highest BCUT2D eigenvalue weighted by atomic mass is 16.5. The zero-order chi connectivity index (χ0) is 13.7. The molecule has 6 heteroatoms. The Balaban J connectivity index is 1.79. The molecule has 0 saturated heterocycles. The third kappa shape index (κ3) is 3.48. The van der Waals surface area contributed by atoms with Gasteiger partial charge in [0.25, 0.3) is 0 Å². The van der Waals surface area contributed by atoms with Gasteiger partial charge in [-0.15, -0.1) is 0 Å². The van der Waals surface area contributed by atoms with E-state index in [9.17, 15) is 4.79 Å². The number of nitrogen functional groups attached to an aromatic ring is 1. The molecule has 0 radical (unpaired) electrons. The Hall–Kier alpha value is -2.50. The van der Waals surface area contributed by atoms with E-state index < -0.39 is 0 Å². The third-order valence-electron chi connectivity index (χ3n) is 2.59. The molecule has 0 saturated carbocycles. The third-order valence-corrected chi connectivity index (χ3v) is 2.59. The fraction of sp³-hybridized carbons (Fsp3) is 0.231. The number of hydrogen-bond donors (Lipinski definition) is 2. The van der Waals surface area contributed by atoms with Crippen LogP contribution in [-0.4, -0.2) is 22.3 Å². The number of ether oxygens (including phenoxy) is 1. The highest BCUT2D eigenvalue weighted by molar-refractivity contribution is 5.89. The number of aromatic nitrogens is 2. The van der Waals surface area contributed by atoms with Crippen molar-refractivity contribution in [1.82, 2.24) is 9.78 Å². The SMILES string of the molecule is Cn1nccc1NC(=O)CCOc1ccccc1N. The van der Waals surface area contributed by atoms with Gasteiger partial charge in [0.1, 0.15) is 11.6 Å². The molecule has 6 nitrogen and oxygen atoms in total. The van der Waals surface area contributed by atoms with Gasteiger partial charge in [-0.1, -0.05) is 12.1 Å². The molecule has 1 aromatic heterocycles. The first-order chi connectivity index (χ1) is 9.16. The summed E-state index contributed by atoms with van der Waals surface area (Å²) in [6, 6.07) is 8.92. The van der Waals surface area contributed by atoms with E-state index in [2.05, 4.69) is 10.4 Å². The summed E-state index contributed by atoms with van der Waals surface area (Å²) < 4.78 is 7.04. The number of carbonyl (C=O) groups is 1. The number of nitrogens with zero attached hydrogens (tertiary/aromatic N) is 2. The number of nitrogens with two attached hydrogens (primary N) is 1. The largest absolute Gasteiger partial charge is 0.491 e. The van der Waals surface area contributed by atoms with Crippen LogP contribution >= 0.6 is 0 Å². The van der Waals surface area contributed by atoms with Crippen LogP contribution in [-0.2, 0) is 11.8 Å². The van der Waals surface area contributed by atoms with Crippen molar-refractivity contribution >= 4 is 17.4 Å². The number of amides is 1. The predicted molar refractivity (Wildman–Crippen MR) is 72.8 cm³/mol. The maximum Gasteiger partial charge on any atom is 0.228 e. The van der Waals surface area contributed by atoms with Crippen LogP contribution in [0.4, 0.5) is 11.5 Å². The van der Waals surface area contributed by atoms with Gasteiger partial charge in [0.15, 0.2) is 0 Å². The molecule has 2 aromatic rings. The van der Waals surface area contributed by atoms with Crippen LogP contribution in [0.1, 0.15) is 6.42 Å². The van der Waals surface area contributed by atoms with E-state index in [1.54, 1.807) is 36.1 Å². The molecular weight excluding hydrogens is 244 g/mol. The molecule has 0 aliphatic carbocycles. The Morgan fingerprint density at radius 1 is 1.42 bits per heavy atom. The number of anilines is 2. The molecular formula is C13H16N4O2. The highest BCUT2D eigenvalue weighted by Crippen LogP contribution is 2.19. The summed E-state index contributed by atoms with van der Waals surface area (Å²) in [5.41, 5.74) is 6.29. The summed E-state index contributed by atoms with van der Waals surface area (Å²) in [4.78, 5) is 11.7. The van der Waals surface area contributed by atoms with Gasteiger partial charge in [-0.05, 0) is 12.1 Å². The van der Waals surface area contributed by atoms with E-state index in [0.717, 1.165) is 0 Å². The molecule has 2 rings (SSSR count). The predicted octanol–water partition coefficient (Wildman–Crippen LogP) is 1.41. The number of carbonyl (C=O) groups excluding carboxylic acids is 1. The Labute approximate surface area is 111 Å². The second-order valence-electron chi connectivity index (χ2n) is 4.02. The summed E-state index contributed by atoms with van der Waals surface area (Å²) in [6.45, 7) is 0.276. The zero-order valence-corrected chi connectivity index (χ0v) is 10.7. The first-order valence-corrected chi connectivity index (χ1v) is 5.92. The van der Waals surface area contributed by atoms with E-state index in [-0.39, 0.29) is 18.9 Å². The average Bonchev–Trinajstić information content (AvgIpc) is 2.77. The fourth-order valence-corrected chi connectivity index (χ4v) is 1.57. The molecule has 1 amide bonds. The van der Waals surface area contributed by atoms with Crippen LogP contribution < -0.4 is 15.8 Å². The highest BCUT2D eigenvalue weighted by Gasteiger charge is 2.06. The van der Waals surface area contributed by atoms with Crippen LogP contribution in [0, 0.1) is 0 Å². The Morgan fingerprint density at radius 2 is 2.21 bits per heavy atom.